The number of nitrogens with zero attached hydrogens (tertiary/aromatic N) is 3. The number of hydrogen-bond acceptors (Lipinski definition) is 5. The number of pyridine rings is 1. The summed E-state index contributed by atoms with van der Waals surface area (Å²) in [7, 11) is 0. The van der Waals surface area contributed by atoms with Gasteiger partial charge in [0.1, 0.15) is 17.8 Å². The van der Waals surface area contributed by atoms with Gasteiger partial charge in [-0.05, 0) is 43.0 Å². The Morgan fingerprint density at radius 3 is 2.45 bits per heavy atom. The van der Waals surface area contributed by atoms with Gasteiger partial charge in [-0.15, -0.1) is 0 Å². The number of fused-ring (bicyclic) bond motifs is 1. The van der Waals surface area contributed by atoms with Gasteiger partial charge in [0.2, 0.25) is 5.91 Å². The van der Waals surface area contributed by atoms with Crippen molar-refractivity contribution in [3.8, 4) is 0 Å². The molecule has 3 atom stereocenters. The van der Waals surface area contributed by atoms with E-state index >= 15 is 0 Å². The SMILES string of the molecule is CC(C)C[C@H](NC(=O)c1ccccc1)C(=O)N1CCC2C1C(=O)CN2C(=O)c1ccccn1. The number of likely N-dealkylation sites (tertiary alicyclic amines) is 2. The third-order valence-corrected chi connectivity index (χ3v) is 6.20. The first-order chi connectivity index (χ1) is 15.9. The monoisotopic (exact) mass is 448 g/mol. The maximum absolute atomic E-state index is 13.5. The smallest absolute Gasteiger partial charge is 0.273 e. The van der Waals surface area contributed by atoms with Crippen LogP contribution in [0.1, 0.15) is 47.5 Å². The van der Waals surface area contributed by atoms with Crippen LogP contribution in [0.5, 0.6) is 0 Å². The molecule has 0 saturated carbocycles. The lowest BCUT2D eigenvalue weighted by molar-refractivity contribution is -0.138. The topological polar surface area (TPSA) is 99.7 Å². The molecule has 0 aliphatic carbocycles. The van der Waals surface area contributed by atoms with Crippen LogP contribution >= 0.6 is 0 Å². The summed E-state index contributed by atoms with van der Waals surface area (Å²) in [6, 6.07) is 12.0. The molecule has 4 rings (SSSR count). The molecule has 0 radical (unpaired) electrons. The van der Waals surface area contributed by atoms with Crippen molar-refractivity contribution < 1.29 is 19.2 Å². The molecule has 2 aliphatic heterocycles. The van der Waals surface area contributed by atoms with Crippen molar-refractivity contribution in [2.45, 2.75) is 44.8 Å². The van der Waals surface area contributed by atoms with Crippen molar-refractivity contribution >= 4 is 23.5 Å². The lowest BCUT2D eigenvalue weighted by Gasteiger charge is -2.29. The van der Waals surface area contributed by atoms with Gasteiger partial charge in [0.05, 0.1) is 12.6 Å². The Kier molecular flexibility index (Phi) is 6.53. The first-order valence-corrected chi connectivity index (χ1v) is 11.3. The molecule has 3 heterocycles. The fraction of sp³-hybridized carbons (Fsp3) is 0.400. The average molecular weight is 449 g/mol. The number of hydrogen-bond donors (Lipinski definition) is 1. The maximum atomic E-state index is 13.5. The van der Waals surface area contributed by atoms with E-state index in [0.717, 1.165) is 0 Å². The largest absolute Gasteiger partial charge is 0.340 e. The Hall–Kier alpha value is -3.55. The highest BCUT2D eigenvalue weighted by atomic mass is 16.2. The van der Waals surface area contributed by atoms with Crippen molar-refractivity contribution in [1.82, 2.24) is 20.1 Å². The summed E-state index contributed by atoms with van der Waals surface area (Å²) >= 11 is 0. The number of Topliss-reactive ketones (excluding diaryl/α,β-unsaturated/α-hetero) is 1. The van der Waals surface area contributed by atoms with Crippen LogP contribution in [0.3, 0.4) is 0 Å². The second-order valence-corrected chi connectivity index (χ2v) is 8.97. The summed E-state index contributed by atoms with van der Waals surface area (Å²) in [6.07, 6.45) is 2.51. The number of amides is 3. The van der Waals surface area contributed by atoms with Gasteiger partial charge in [0.15, 0.2) is 5.78 Å². The minimum Gasteiger partial charge on any atom is -0.340 e. The zero-order valence-electron chi connectivity index (χ0n) is 18.8. The number of carbonyl (C=O) groups is 4. The van der Waals surface area contributed by atoms with E-state index in [1.165, 1.54) is 4.90 Å². The number of benzene rings is 1. The van der Waals surface area contributed by atoms with Crippen molar-refractivity contribution in [3.63, 3.8) is 0 Å². The second-order valence-electron chi connectivity index (χ2n) is 8.97. The summed E-state index contributed by atoms with van der Waals surface area (Å²) in [5.74, 6) is -0.902. The van der Waals surface area contributed by atoms with Crippen LogP contribution in [0.15, 0.2) is 54.7 Å². The minimum atomic E-state index is -0.746. The van der Waals surface area contributed by atoms with Crippen LogP contribution in [-0.4, -0.2) is 69.5 Å². The molecule has 0 spiro atoms. The minimum absolute atomic E-state index is 0.0419. The van der Waals surface area contributed by atoms with Crippen molar-refractivity contribution in [2.75, 3.05) is 13.1 Å². The quantitative estimate of drug-likeness (QED) is 0.728. The summed E-state index contributed by atoms with van der Waals surface area (Å²) in [5.41, 5.74) is 0.756. The molecule has 1 aromatic heterocycles. The molecule has 1 N–H and O–H groups in total. The summed E-state index contributed by atoms with van der Waals surface area (Å²) in [6.45, 7) is 4.28. The second kappa shape index (κ2) is 9.52. The number of carbonyl (C=O) groups excluding carboxylic acids is 4. The van der Waals surface area contributed by atoms with E-state index in [1.807, 2.05) is 19.9 Å². The van der Waals surface area contributed by atoms with Gasteiger partial charge < -0.3 is 15.1 Å². The highest BCUT2D eigenvalue weighted by molar-refractivity contribution is 6.03. The van der Waals surface area contributed by atoms with Gasteiger partial charge in [0.25, 0.3) is 11.8 Å². The van der Waals surface area contributed by atoms with E-state index < -0.39 is 12.1 Å². The van der Waals surface area contributed by atoms with Gasteiger partial charge in [-0.1, -0.05) is 38.1 Å². The van der Waals surface area contributed by atoms with E-state index in [1.54, 1.807) is 53.6 Å². The third-order valence-electron chi connectivity index (χ3n) is 6.20. The zero-order valence-corrected chi connectivity index (χ0v) is 18.8. The number of rotatable bonds is 6. The Balaban J connectivity index is 1.51. The molecule has 0 bridgehead atoms. The maximum Gasteiger partial charge on any atom is 0.273 e. The van der Waals surface area contributed by atoms with E-state index in [4.69, 9.17) is 0 Å². The van der Waals surface area contributed by atoms with Gasteiger partial charge in [-0.25, -0.2) is 0 Å². The third kappa shape index (κ3) is 4.65. The Morgan fingerprint density at radius 1 is 1.06 bits per heavy atom. The Morgan fingerprint density at radius 2 is 1.79 bits per heavy atom. The molecule has 1 aromatic carbocycles. The molecule has 8 heteroatoms. The predicted octanol–water partition coefficient (Wildman–Crippen LogP) is 1.92. The normalized spacial score (nSPS) is 20.6. The summed E-state index contributed by atoms with van der Waals surface area (Å²) in [5, 5.41) is 2.86. The Bertz CT molecular complexity index is 1040. The molecule has 2 fully saturated rings. The fourth-order valence-electron chi connectivity index (χ4n) is 4.70. The molecule has 172 valence electrons. The van der Waals surface area contributed by atoms with Crippen molar-refractivity contribution in [1.29, 1.82) is 0 Å². The molecule has 2 aromatic rings. The molecule has 3 amide bonds. The summed E-state index contributed by atoms with van der Waals surface area (Å²) < 4.78 is 0. The van der Waals surface area contributed by atoms with Crippen LogP contribution in [0.2, 0.25) is 0 Å². The molecular weight excluding hydrogens is 420 g/mol. The first-order valence-electron chi connectivity index (χ1n) is 11.3. The van der Waals surface area contributed by atoms with Crippen LogP contribution in [0.4, 0.5) is 0 Å². The number of aromatic nitrogens is 1. The molecule has 2 unspecified atom stereocenters. The molecule has 2 saturated heterocycles. The van der Waals surface area contributed by atoms with Crippen molar-refractivity contribution in [3.05, 3.63) is 66.0 Å². The highest BCUT2D eigenvalue weighted by Gasteiger charge is 2.52. The predicted molar refractivity (Wildman–Crippen MR) is 121 cm³/mol. The van der Waals surface area contributed by atoms with Gasteiger partial charge >= 0.3 is 0 Å². The van der Waals surface area contributed by atoms with Gasteiger partial charge in [-0.2, -0.15) is 0 Å². The van der Waals surface area contributed by atoms with Gasteiger partial charge in [0, 0.05) is 18.3 Å². The van der Waals surface area contributed by atoms with Crippen LogP contribution < -0.4 is 5.32 Å². The molecular formula is C25H28N4O4. The van der Waals surface area contributed by atoms with Crippen molar-refractivity contribution in [2.24, 2.45) is 5.92 Å². The highest BCUT2D eigenvalue weighted by Crippen LogP contribution is 2.31. The zero-order chi connectivity index (χ0) is 23.5. The molecule has 2 aliphatic rings. The Labute approximate surface area is 193 Å². The van der Waals surface area contributed by atoms with Crippen LogP contribution in [0.25, 0.3) is 0 Å². The number of ketones is 1. The van der Waals surface area contributed by atoms with E-state index in [-0.39, 0.29) is 47.7 Å². The number of nitrogens with one attached hydrogen (secondary N) is 1. The first kappa shape index (κ1) is 22.6. The summed E-state index contributed by atoms with van der Waals surface area (Å²) in [4.78, 5) is 59.3. The lowest BCUT2D eigenvalue weighted by Crippen LogP contribution is -2.53. The lowest BCUT2D eigenvalue weighted by atomic mass is 10.0. The fourth-order valence-corrected chi connectivity index (χ4v) is 4.70. The average Bonchev–Trinajstić information content (AvgIpc) is 3.40. The van der Waals surface area contributed by atoms with Gasteiger partial charge in [-0.3, -0.25) is 24.2 Å². The molecule has 33 heavy (non-hydrogen) atoms. The van der Waals surface area contributed by atoms with Crippen LogP contribution in [0, 0.1) is 5.92 Å². The van der Waals surface area contributed by atoms with Crippen LogP contribution in [-0.2, 0) is 9.59 Å². The molecule has 8 nitrogen and oxygen atoms in total. The van der Waals surface area contributed by atoms with E-state index in [0.29, 0.717) is 24.9 Å². The van der Waals surface area contributed by atoms with E-state index in [9.17, 15) is 19.2 Å². The standard InChI is InChI=1S/C25H28N4O4/c1-16(2)14-19(27-23(31)17-8-4-3-5-9-17)25(33)28-13-11-20-22(28)21(30)15-29(20)24(32)18-10-6-7-12-26-18/h3-10,12,16,19-20,22H,11,13-15H2,1-2H3,(H,27,31)/t19-,20?,22?/m0/s1. The van der Waals surface area contributed by atoms with E-state index in [2.05, 4.69) is 10.3 Å².